The van der Waals surface area contributed by atoms with E-state index in [0.29, 0.717) is 69.1 Å². The van der Waals surface area contributed by atoms with Gasteiger partial charge in [0.25, 0.3) is 5.56 Å². The number of carboxylic acid groups (broad SMARTS) is 1. The zero-order chi connectivity index (χ0) is 49.1. The number of fused-ring (bicyclic) bond motifs is 12. The van der Waals surface area contributed by atoms with Crippen LogP contribution in [0.1, 0.15) is 60.4 Å². The number of nitrogens with one attached hydrogen (secondary N) is 1. The van der Waals surface area contributed by atoms with E-state index in [2.05, 4.69) is 59.8 Å². The molecule has 0 amide bonds. The molecular formula is C56H42Cl2N6O7. The third-order valence-electron chi connectivity index (χ3n) is 13.8. The number of rotatable bonds is 6. The van der Waals surface area contributed by atoms with Crippen LogP contribution in [0.15, 0.2) is 136 Å². The third-order valence-corrected chi connectivity index (χ3v) is 14.5. The van der Waals surface area contributed by atoms with E-state index in [-0.39, 0.29) is 34.2 Å². The molecule has 0 bridgehead atoms. The number of aromatic amines is 1. The van der Waals surface area contributed by atoms with E-state index in [4.69, 9.17) is 37.1 Å². The first-order chi connectivity index (χ1) is 34.2. The molecule has 11 aromatic rings. The average Bonchev–Trinajstić information content (AvgIpc) is 4.07. The van der Waals surface area contributed by atoms with Gasteiger partial charge in [-0.2, -0.15) is 0 Å². The minimum Gasteiger partial charge on any atom is -0.492 e. The molecule has 0 saturated carbocycles. The van der Waals surface area contributed by atoms with Gasteiger partial charge in [0.2, 0.25) is 5.71 Å². The molecule has 71 heavy (non-hydrogen) atoms. The molecule has 13 nitrogen and oxygen atoms in total. The van der Waals surface area contributed by atoms with Gasteiger partial charge in [-0.25, -0.2) is 24.5 Å². The van der Waals surface area contributed by atoms with Gasteiger partial charge in [0, 0.05) is 72.6 Å². The first-order valence-corrected chi connectivity index (χ1v) is 23.8. The van der Waals surface area contributed by atoms with E-state index < -0.39 is 11.6 Å². The molecule has 352 valence electrons. The number of hydrogen-bond acceptors (Lipinski definition) is 9. The van der Waals surface area contributed by atoms with Crippen molar-refractivity contribution in [3.05, 3.63) is 181 Å². The second kappa shape index (κ2) is 16.3. The van der Waals surface area contributed by atoms with Gasteiger partial charge in [-0.3, -0.25) is 4.79 Å². The summed E-state index contributed by atoms with van der Waals surface area (Å²) in [7, 11) is 0. The lowest BCUT2D eigenvalue weighted by molar-refractivity contribution is 0.0687. The van der Waals surface area contributed by atoms with Gasteiger partial charge in [-0.05, 0) is 60.7 Å². The van der Waals surface area contributed by atoms with Crippen LogP contribution in [-0.4, -0.2) is 53.4 Å². The van der Waals surface area contributed by atoms with Gasteiger partial charge in [0.05, 0.1) is 64.7 Å². The van der Waals surface area contributed by atoms with Crippen LogP contribution in [0.3, 0.4) is 0 Å². The number of benzene rings is 4. The number of H-pyrrole nitrogens is 1. The maximum Gasteiger partial charge on any atom is 0.362 e. The number of ether oxygens (including phenoxy) is 2. The molecule has 13 rings (SSSR count). The summed E-state index contributed by atoms with van der Waals surface area (Å²) in [5.74, 6) is 0.273. The zero-order valence-electron chi connectivity index (χ0n) is 38.8. The Labute approximate surface area is 413 Å². The molecule has 7 aromatic heterocycles. The summed E-state index contributed by atoms with van der Waals surface area (Å²) in [4.78, 5) is 55.1. The SMILES string of the molecule is CC1(C)COc2c1ccc1c2c(-c2ccc[nH]c2=O)c(C(=O)O)n1Cc1cc2ccccc2nc1Cl.CC1(C)COc2c1ccc1c2c2c3cccnc3oc(=O)c2n1Cc1cc2ccccc2nc1Cl. The normalized spacial score (nSPS) is 14.5. The number of carboxylic acids is 1. The van der Waals surface area contributed by atoms with Crippen LogP contribution in [0.25, 0.3) is 76.7 Å². The minimum atomic E-state index is -1.15. The number of pyridine rings is 4. The second-order valence-electron chi connectivity index (χ2n) is 19.4. The van der Waals surface area contributed by atoms with Crippen LogP contribution in [0, 0.1) is 0 Å². The van der Waals surface area contributed by atoms with E-state index >= 15 is 0 Å². The van der Waals surface area contributed by atoms with Crippen LogP contribution in [0.5, 0.6) is 11.5 Å². The molecule has 9 heterocycles. The van der Waals surface area contributed by atoms with E-state index in [9.17, 15) is 19.5 Å². The maximum atomic E-state index is 13.4. The Balaban J connectivity index is 0.000000146. The lowest BCUT2D eigenvalue weighted by Gasteiger charge is -2.15. The molecule has 0 aliphatic carbocycles. The molecule has 0 radical (unpaired) electrons. The van der Waals surface area contributed by atoms with Crippen molar-refractivity contribution in [3.63, 3.8) is 0 Å². The number of hydrogen-bond donors (Lipinski definition) is 2. The van der Waals surface area contributed by atoms with Crippen LogP contribution >= 0.6 is 23.2 Å². The fourth-order valence-corrected chi connectivity index (χ4v) is 10.8. The van der Waals surface area contributed by atoms with Gasteiger partial charge < -0.3 is 33.1 Å². The highest BCUT2D eigenvalue weighted by molar-refractivity contribution is 6.31. The van der Waals surface area contributed by atoms with Gasteiger partial charge >= 0.3 is 11.6 Å². The predicted molar refractivity (Wildman–Crippen MR) is 277 cm³/mol. The Kier molecular flexibility index (Phi) is 10.1. The zero-order valence-corrected chi connectivity index (χ0v) is 40.3. The van der Waals surface area contributed by atoms with Crippen LogP contribution in [0.2, 0.25) is 10.3 Å². The fraction of sp³-hybridized carbons (Fsp3) is 0.179. The first-order valence-electron chi connectivity index (χ1n) is 23.0. The Morgan fingerprint density at radius 3 is 1.89 bits per heavy atom. The Morgan fingerprint density at radius 2 is 1.28 bits per heavy atom. The molecule has 0 atom stereocenters. The molecule has 2 aliphatic heterocycles. The topological polar surface area (TPSA) is 167 Å². The molecule has 0 spiro atoms. The van der Waals surface area contributed by atoms with Crippen molar-refractivity contribution in [2.45, 2.75) is 51.6 Å². The van der Waals surface area contributed by atoms with E-state index in [1.165, 1.54) is 6.20 Å². The van der Waals surface area contributed by atoms with Crippen LogP contribution in [0.4, 0.5) is 0 Å². The van der Waals surface area contributed by atoms with E-state index in [0.717, 1.165) is 65.9 Å². The highest BCUT2D eigenvalue weighted by Crippen LogP contribution is 2.50. The van der Waals surface area contributed by atoms with Gasteiger partial charge in [0.1, 0.15) is 33.0 Å². The summed E-state index contributed by atoms with van der Waals surface area (Å²) >= 11 is 13.2. The van der Waals surface area contributed by atoms with Crippen molar-refractivity contribution in [3.8, 4) is 22.6 Å². The van der Waals surface area contributed by atoms with Crippen molar-refractivity contribution < 1.29 is 23.8 Å². The van der Waals surface area contributed by atoms with Crippen molar-refractivity contribution in [2.24, 2.45) is 0 Å². The second-order valence-corrected chi connectivity index (χ2v) is 20.1. The molecular weight excluding hydrogens is 940 g/mol. The summed E-state index contributed by atoms with van der Waals surface area (Å²) in [6.45, 7) is 10.0. The molecule has 0 saturated heterocycles. The van der Waals surface area contributed by atoms with E-state index in [1.54, 1.807) is 22.9 Å². The average molecular weight is 982 g/mol. The molecule has 2 N–H and O–H groups in total. The number of aromatic carboxylic acids is 1. The van der Waals surface area contributed by atoms with E-state index in [1.807, 2.05) is 89.5 Å². The molecule has 0 fully saturated rings. The van der Waals surface area contributed by atoms with Crippen molar-refractivity contribution in [2.75, 3.05) is 13.2 Å². The van der Waals surface area contributed by atoms with Gasteiger partial charge in [-0.1, -0.05) is 99.4 Å². The van der Waals surface area contributed by atoms with Gasteiger partial charge in [0.15, 0.2) is 0 Å². The molecule has 0 unspecified atom stereocenters. The smallest absolute Gasteiger partial charge is 0.362 e. The summed E-state index contributed by atoms with van der Waals surface area (Å²) < 4.78 is 21.7. The maximum absolute atomic E-state index is 13.4. The van der Waals surface area contributed by atoms with Crippen molar-refractivity contribution in [1.29, 1.82) is 0 Å². The largest absolute Gasteiger partial charge is 0.492 e. The summed E-state index contributed by atoms with van der Waals surface area (Å²) in [5.41, 5.74) is 6.86. The quantitative estimate of drug-likeness (QED) is 0.153. The summed E-state index contributed by atoms with van der Waals surface area (Å²) in [6.07, 6.45) is 3.15. The monoisotopic (exact) mass is 980 g/mol. The van der Waals surface area contributed by atoms with Crippen molar-refractivity contribution in [1.82, 2.24) is 29.1 Å². The third kappa shape index (κ3) is 7.04. The Bertz CT molecular complexity index is 4210. The molecule has 15 heteroatoms. The fourth-order valence-electron chi connectivity index (χ4n) is 10.4. The van der Waals surface area contributed by atoms with Crippen molar-refractivity contribution >= 4 is 94.8 Å². The molecule has 2 aliphatic rings. The Hall–Kier alpha value is -8.00. The Morgan fingerprint density at radius 1 is 0.704 bits per heavy atom. The predicted octanol–water partition coefficient (Wildman–Crippen LogP) is 11.8. The number of carbonyl (C=O) groups is 1. The summed E-state index contributed by atoms with van der Waals surface area (Å²) in [5, 5.41) is 16.1. The highest BCUT2D eigenvalue weighted by atomic mass is 35.5. The highest BCUT2D eigenvalue weighted by Gasteiger charge is 2.38. The lowest BCUT2D eigenvalue weighted by atomic mass is 9.86. The number of nitrogens with zero attached hydrogens (tertiary/aromatic N) is 5. The van der Waals surface area contributed by atoms with Crippen LogP contribution < -0.4 is 20.7 Å². The van der Waals surface area contributed by atoms with Gasteiger partial charge in [-0.15, -0.1) is 0 Å². The minimum absolute atomic E-state index is 0.00682. The standard InChI is InChI=1S/C28H22ClN3O4.C28H20ClN3O3/c1-28(2)14-36-24-18(28)9-10-20-22(24)21(17-7-5-11-30-26(17)33)23(27(34)35)32(20)13-16-12-15-6-3-4-8-19(15)31-25(16)29;1-28(2)14-34-24-18(28)9-10-20-22(24)21-17-7-5-11-30-26(17)35-27(33)23(21)32(20)13-16-12-15-6-3-4-8-19(15)31-25(16)29/h3-12H,13-14H2,1-2H3,(H,30,33)(H,34,35);3-12H,13-14H2,1-2H3. The lowest BCUT2D eigenvalue weighted by Crippen LogP contribution is -2.18. The van der Waals surface area contributed by atoms with Crippen LogP contribution in [-0.2, 0) is 23.9 Å². The number of halogens is 2. The first kappa shape index (κ1) is 44.2. The molecule has 4 aromatic carbocycles. The summed E-state index contributed by atoms with van der Waals surface area (Å²) in [6, 6.07) is 34.5. The number of aromatic nitrogens is 6. The number of para-hydroxylation sites is 2.